The predicted octanol–water partition coefficient (Wildman–Crippen LogP) is 4.27. The van der Waals surface area contributed by atoms with Crippen molar-refractivity contribution < 1.29 is 4.57 Å². The maximum absolute atomic E-state index is 12.5. The topological polar surface area (TPSA) is 54.9 Å². The number of hydrogen-bond donors (Lipinski definition) is 1. The van der Waals surface area contributed by atoms with E-state index in [0.717, 1.165) is 21.9 Å². The zero-order valence-electron chi connectivity index (χ0n) is 12.2. The van der Waals surface area contributed by atoms with Crippen molar-refractivity contribution in [3.8, 4) is 0 Å². The van der Waals surface area contributed by atoms with Crippen molar-refractivity contribution in [2.45, 2.75) is 0 Å². The third-order valence-corrected chi connectivity index (χ3v) is 5.03. The zero-order chi connectivity index (χ0) is 15.7. The summed E-state index contributed by atoms with van der Waals surface area (Å²) in [6.07, 6.45) is 0. The minimum Gasteiger partial charge on any atom is -0.339 e. The van der Waals surface area contributed by atoms with Crippen LogP contribution in [0.3, 0.4) is 0 Å². The molecule has 0 atom stereocenters. The van der Waals surface area contributed by atoms with Crippen LogP contribution in [0.2, 0.25) is 5.28 Å². The molecule has 0 bridgehead atoms. The molecular formula is C16H15ClN3OP. The molecule has 0 saturated heterocycles. The van der Waals surface area contributed by atoms with Gasteiger partial charge < -0.3 is 9.88 Å². The standard InChI is InChI=1S/C16H15ClN3OP/c1-22(2,21)14-10-6-5-9-13(14)18-15-11-7-3-4-8-12(11)19-16(17)20-15/h3-10H,1-2H3,(H,18,19,20). The van der Waals surface area contributed by atoms with Crippen LogP contribution in [0.1, 0.15) is 0 Å². The molecule has 3 rings (SSSR count). The highest BCUT2D eigenvalue weighted by Crippen LogP contribution is 2.38. The number of benzene rings is 2. The largest absolute Gasteiger partial charge is 0.339 e. The number of anilines is 2. The third-order valence-electron chi connectivity index (χ3n) is 3.31. The summed E-state index contributed by atoms with van der Waals surface area (Å²) < 4.78 is 12.5. The molecule has 1 aromatic heterocycles. The van der Waals surface area contributed by atoms with Gasteiger partial charge in [-0.15, -0.1) is 0 Å². The Labute approximate surface area is 133 Å². The van der Waals surface area contributed by atoms with Gasteiger partial charge >= 0.3 is 0 Å². The lowest BCUT2D eigenvalue weighted by molar-refractivity contribution is 0.588. The number of halogens is 1. The first-order valence-electron chi connectivity index (χ1n) is 6.79. The fraction of sp³-hybridized carbons (Fsp3) is 0.125. The number of para-hydroxylation sites is 2. The van der Waals surface area contributed by atoms with E-state index in [2.05, 4.69) is 15.3 Å². The van der Waals surface area contributed by atoms with Gasteiger partial charge in [-0.25, -0.2) is 4.98 Å². The maximum Gasteiger partial charge on any atom is 0.224 e. The van der Waals surface area contributed by atoms with Gasteiger partial charge in [-0.1, -0.05) is 24.3 Å². The van der Waals surface area contributed by atoms with Crippen molar-refractivity contribution in [2.24, 2.45) is 0 Å². The smallest absolute Gasteiger partial charge is 0.224 e. The van der Waals surface area contributed by atoms with Gasteiger partial charge in [-0.3, -0.25) is 0 Å². The fourth-order valence-corrected chi connectivity index (χ4v) is 3.65. The minimum absolute atomic E-state index is 0.176. The van der Waals surface area contributed by atoms with Gasteiger partial charge in [0.15, 0.2) is 0 Å². The van der Waals surface area contributed by atoms with Gasteiger partial charge in [0.2, 0.25) is 5.28 Å². The number of nitrogens with one attached hydrogen (secondary N) is 1. The summed E-state index contributed by atoms with van der Waals surface area (Å²) in [5.41, 5.74) is 1.54. The van der Waals surface area contributed by atoms with E-state index in [-0.39, 0.29) is 5.28 Å². The SMILES string of the molecule is CP(C)(=O)c1ccccc1Nc1nc(Cl)nc2ccccc12. The Kier molecular flexibility index (Phi) is 3.90. The summed E-state index contributed by atoms with van der Waals surface area (Å²) in [6.45, 7) is 3.50. The van der Waals surface area contributed by atoms with Crippen molar-refractivity contribution in [3.63, 3.8) is 0 Å². The van der Waals surface area contributed by atoms with Crippen LogP contribution in [0.25, 0.3) is 10.9 Å². The number of rotatable bonds is 3. The molecule has 1 N–H and O–H groups in total. The number of hydrogen-bond acceptors (Lipinski definition) is 4. The van der Waals surface area contributed by atoms with Gasteiger partial charge in [-0.2, -0.15) is 4.98 Å². The Morgan fingerprint density at radius 2 is 1.68 bits per heavy atom. The monoisotopic (exact) mass is 331 g/mol. The molecule has 0 spiro atoms. The first-order chi connectivity index (χ1) is 10.4. The maximum atomic E-state index is 12.5. The Morgan fingerprint density at radius 3 is 2.45 bits per heavy atom. The fourth-order valence-electron chi connectivity index (χ4n) is 2.32. The Bertz CT molecular complexity index is 891. The Morgan fingerprint density at radius 1 is 1.00 bits per heavy atom. The van der Waals surface area contributed by atoms with Gasteiger partial charge in [-0.05, 0) is 49.2 Å². The molecule has 0 aliphatic heterocycles. The highest BCUT2D eigenvalue weighted by Gasteiger charge is 2.16. The van der Waals surface area contributed by atoms with Crippen molar-refractivity contribution in [2.75, 3.05) is 18.6 Å². The van der Waals surface area contributed by atoms with Crippen LogP contribution >= 0.6 is 18.7 Å². The Balaban J connectivity index is 2.14. The number of fused-ring (bicyclic) bond motifs is 1. The summed E-state index contributed by atoms with van der Waals surface area (Å²) in [6, 6.07) is 15.2. The van der Waals surface area contributed by atoms with E-state index in [0.29, 0.717) is 5.82 Å². The molecule has 6 heteroatoms. The first-order valence-corrected chi connectivity index (χ1v) is 9.77. The second kappa shape index (κ2) is 5.71. The lowest BCUT2D eigenvalue weighted by atomic mass is 10.2. The van der Waals surface area contributed by atoms with E-state index >= 15 is 0 Å². The van der Waals surface area contributed by atoms with Crippen molar-refractivity contribution in [1.29, 1.82) is 0 Å². The summed E-state index contributed by atoms with van der Waals surface area (Å²) in [4.78, 5) is 8.48. The molecule has 0 saturated carbocycles. The van der Waals surface area contributed by atoms with Crippen LogP contribution in [0.15, 0.2) is 48.5 Å². The minimum atomic E-state index is -2.40. The highest BCUT2D eigenvalue weighted by atomic mass is 35.5. The van der Waals surface area contributed by atoms with E-state index in [1.54, 1.807) is 13.3 Å². The van der Waals surface area contributed by atoms with Crippen LogP contribution in [0.4, 0.5) is 11.5 Å². The molecule has 22 heavy (non-hydrogen) atoms. The van der Waals surface area contributed by atoms with E-state index in [1.807, 2.05) is 48.5 Å². The molecule has 112 valence electrons. The molecule has 4 nitrogen and oxygen atoms in total. The van der Waals surface area contributed by atoms with E-state index in [9.17, 15) is 4.57 Å². The summed E-state index contributed by atoms with van der Waals surface area (Å²) in [5.74, 6) is 0.608. The quantitative estimate of drug-likeness (QED) is 0.575. The summed E-state index contributed by atoms with van der Waals surface area (Å²) in [5, 5.41) is 5.08. The Hall–Kier alpha value is -1.90. The van der Waals surface area contributed by atoms with Gasteiger partial charge in [0.05, 0.1) is 11.2 Å². The molecule has 0 aliphatic carbocycles. The van der Waals surface area contributed by atoms with Crippen molar-refractivity contribution >= 4 is 46.5 Å². The van der Waals surface area contributed by atoms with Crippen LogP contribution < -0.4 is 10.6 Å². The van der Waals surface area contributed by atoms with Crippen LogP contribution in [0.5, 0.6) is 0 Å². The number of nitrogens with zero attached hydrogens (tertiary/aromatic N) is 2. The first kappa shape index (κ1) is 15.0. The average Bonchev–Trinajstić information content (AvgIpc) is 2.46. The van der Waals surface area contributed by atoms with Gasteiger partial charge in [0.1, 0.15) is 13.0 Å². The zero-order valence-corrected chi connectivity index (χ0v) is 13.9. The molecule has 0 aliphatic rings. The summed E-state index contributed by atoms with van der Waals surface area (Å²) >= 11 is 6.00. The molecule has 2 aromatic carbocycles. The molecule has 0 unspecified atom stereocenters. The number of aromatic nitrogens is 2. The van der Waals surface area contributed by atoms with E-state index in [4.69, 9.17) is 11.6 Å². The highest BCUT2D eigenvalue weighted by molar-refractivity contribution is 7.70. The normalized spacial score (nSPS) is 11.6. The van der Waals surface area contributed by atoms with Gasteiger partial charge in [0, 0.05) is 10.7 Å². The van der Waals surface area contributed by atoms with Crippen LogP contribution in [-0.4, -0.2) is 23.3 Å². The molecule has 0 fully saturated rings. The lowest BCUT2D eigenvalue weighted by Gasteiger charge is -2.15. The van der Waals surface area contributed by atoms with E-state index < -0.39 is 7.14 Å². The van der Waals surface area contributed by atoms with E-state index in [1.165, 1.54) is 0 Å². The summed E-state index contributed by atoms with van der Waals surface area (Å²) in [7, 11) is -2.40. The van der Waals surface area contributed by atoms with Crippen molar-refractivity contribution in [3.05, 3.63) is 53.8 Å². The van der Waals surface area contributed by atoms with Crippen molar-refractivity contribution in [1.82, 2.24) is 9.97 Å². The molecular weight excluding hydrogens is 317 g/mol. The lowest BCUT2D eigenvalue weighted by Crippen LogP contribution is -2.10. The molecule has 1 heterocycles. The predicted molar refractivity (Wildman–Crippen MR) is 93.4 cm³/mol. The average molecular weight is 332 g/mol. The molecule has 0 radical (unpaired) electrons. The van der Waals surface area contributed by atoms with Gasteiger partial charge in [0.25, 0.3) is 0 Å². The van der Waals surface area contributed by atoms with Crippen LogP contribution in [-0.2, 0) is 4.57 Å². The van der Waals surface area contributed by atoms with Crippen LogP contribution in [0, 0.1) is 0 Å². The molecule has 0 amide bonds. The second-order valence-corrected chi connectivity index (χ2v) is 8.87. The third kappa shape index (κ3) is 2.99. The second-order valence-electron chi connectivity index (χ2n) is 5.35. The molecule has 3 aromatic rings.